The second kappa shape index (κ2) is 10.2. The smallest absolute Gasteiger partial charge is 0.265 e. The van der Waals surface area contributed by atoms with Gasteiger partial charge in [-0.05, 0) is 49.1 Å². The van der Waals surface area contributed by atoms with Crippen LogP contribution >= 0.6 is 0 Å². The first kappa shape index (κ1) is 23.6. The summed E-state index contributed by atoms with van der Waals surface area (Å²) in [6, 6.07) is 12.4. The van der Waals surface area contributed by atoms with Gasteiger partial charge in [-0.3, -0.25) is 14.6 Å². The monoisotopic (exact) mass is 488 g/mol. The van der Waals surface area contributed by atoms with Gasteiger partial charge in [0.15, 0.2) is 6.10 Å². The van der Waals surface area contributed by atoms with E-state index in [1.165, 1.54) is 0 Å². The molecular formula is C27H28N4O5. The maximum absolute atomic E-state index is 12.7. The van der Waals surface area contributed by atoms with E-state index in [1.807, 2.05) is 13.0 Å². The summed E-state index contributed by atoms with van der Waals surface area (Å²) in [5, 5.41) is 12.6. The Balaban J connectivity index is 1.25. The van der Waals surface area contributed by atoms with Gasteiger partial charge in [0.05, 0.1) is 29.3 Å². The summed E-state index contributed by atoms with van der Waals surface area (Å²) in [4.78, 5) is 34.4. The van der Waals surface area contributed by atoms with Crippen molar-refractivity contribution in [1.29, 1.82) is 0 Å². The van der Waals surface area contributed by atoms with Gasteiger partial charge in [-0.15, -0.1) is 0 Å². The number of anilines is 1. The molecule has 2 aliphatic heterocycles. The lowest BCUT2D eigenvalue weighted by atomic mass is 10.0. The lowest BCUT2D eigenvalue weighted by Gasteiger charge is -2.22. The molecule has 1 fully saturated rings. The normalized spacial score (nSPS) is 21.2. The number of likely N-dealkylation sites (tertiary alicyclic amines) is 1. The molecule has 3 N–H and O–H groups in total. The Bertz CT molecular complexity index is 1290. The first-order valence-corrected chi connectivity index (χ1v) is 12.0. The number of rotatable bonds is 6. The number of ether oxygens (including phenoxy) is 2. The van der Waals surface area contributed by atoms with E-state index in [-0.39, 0.29) is 17.7 Å². The zero-order chi connectivity index (χ0) is 25.1. The third-order valence-electron chi connectivity index (χ3n) is 6.25. The number of amides is 2. The van der Waals surface area contributed by atoms with Gasteiger partial charge in [0, 0.05) is 43.3 Å². The molecule has 5 rings (SSSR count). The number of aromatic nitrogens is 2. The third kappa shape index (κ3) is 5.41. The fourth-order valence-electron chi connectivity index (χ4n) is 4.31. The molecule has 3 aromatic rings. The fourth-order valence-corrected chi connectivity index (χ4v) is 4.31. The van der Waals surface area contributed by atoms with Crippen molar-refractivity contribution < 1.29 is 24.2 Å². The number of aromatic amines is 1. The molecule has 9 heteroatoms. The van der Waals surface area contributed by atoms with E-state index in [2.05, 4.69) is 15.3 Å². The van der Waals surface area contributed by atoms with Crippen LogP contribution in [-0.2, 0) is 9.53 Å². The molecule has 4 heterocycles. The van der Waals surface area contributed by atoms with Crippen LogP contribution in [0.4, 0.5) is 5.69 Å². The molecule has 3 unspecified atom stereocenters. The van der Waals surface area contributed by atoms with Crippen molar-refractivity contribution in [3.63, 3.8) is 0 Å². The van der Waals surface area contributed by atoms with Crippen LogP contribution in [0.1, 0.15) is 30.1 Å². The first-order valence-electron chi connectivity index (χ1n) is 12.0. The number of carbonyl (C=O) groups is 2. The van der Waals surface area contributed by atoms with E-state index in [0.29, 0.717) is 60.1 Å². The number of benzene rings is 1. The maximum atomic E-state index is 12.7. The molecule has 3 atom stereocenters. The molecule has 1 aromatic carbocycles. The van der Waals surface area contributed by atoms with E-state index < -0.39 is 12.2 Å². The van der Waals surface area contributed by atoms with Gasteiger partial charge in [-0.2, -0.15) is 0 Å². The minimum Gasteiger partial charge on any atom is -0.488 e. The van der Waals surface area contributed by atoms with Crippen molar-refractivity contribution in [2.45, 2.75) is 32.0 Å². The second-order valence-electron chi connectivity index (χ2n) is 9.16. The van der Waals surface area contributed by atoms with Crippen LogP contribution in [0.2, 0.25) is 0 Å². The lowest BCUT2D eigenvalue weighted by Crippen LogP contribution is -2.32. The van der Waals surface area contributed by atoms with Crippen molar-refractivity contribution in [2.24, 2.45) is 5.92 Å². The molecule has 2 aliphatic rings. The zero-order valence-electron chi connectivity index (χ0n) is 19.9. The number of H-pyrrole nitrogens is 1. The number of aliphatic hydroxyl groups excluding tert-OH is 1. The molecule has 0 aliphatic carbocycles. The van der Waals surface area contributed by atoms with Crippen molar-refractivity contribution in [3.05, 3.63) is 72.8 Å². The zero-order valence-corrected chi connectivity index (χ0v) is 19.9. The largest absolute Gasteiger partial charge is 0.488 e. The lowest BCUT2D eigenvalue weighted by molar-refractivity contribution is -0.125. The Morgan fingerprint density at radius 1 is 1.22 bits per heavy atom. The van der Waals surface area contributed by atoms with E-state index >= 15 is 0 Å². The van der Waals surface area contributed by atoms with Crippen molar-refractivity contribution in [3.8, 4) is 22.9 Å². The first-order chi connectivity index (χ1) is 17.4. The minimum atomic E-state index is -0.523. The molecule has 36 heavy (non-hydrogen) atoms. The molecule has 1 saturated heterocycles. The minimum absolute atomic E-state index is 0.121. The van der Waals surface area contributed by atoms with Crippen molar-refractivity contribution in [1.82, 2.24) is 14.9 Å². The highest BCUT2D eigenvalue weighted by Crippen LogP contribution is 2.28. The highest BCUT2D eigenvalue weighted by molar-refractivity contribution is 5.95. The summed E-state index contributed by atoms with van der Waals surface area (Å²) in [5.74, 6) is 1.08. The molecule has 0 spiro atoms. The van der Waals surface area contributed by atoms with Gasteiger partial charge in [-0.25, -0.2) is 0 Å². The average molecular weight is 489 g/mol. The average Bonchev–Trinajstić information content (AvgIpc) is 3.54. The highest BCUT2D eigenvalue weighted by atomic mass is 16.5. The summed E-state index contributed by atoms with van der Waals surface area (Å²) in [5.41, 5.74) is 2.43. The number of carbonyl (C=O) groups excluding carboxylic acids is 2. The number of allylic oxidation sites excluding steroid dienone is 1. The summed E-state index contributed by atoms with van der Waals surface area (Å²) in [6.07, 6.45) is 7.04. The Morgan fingerprint density at radius 3 is 2.89 bits per heavy atom. The van der Waals surface area contributed by atoms with Crippen LogP contribution in [0, 0.1) is 5.92 Å². The Hall–Kier alpha value is -4.11. The number of nitrogens with zero attached hydrogens (tertiary/aromatic N) is 2. The maximum Gasteiger partial charge on any atom is 0.265 e. The van der Waals surface area contributed by atoms with E-state index in [1.54, 1.807) is 66.0 Å². The van der Waals surface area contributed by atoms with Gasteiger partial charge in [-0.1, -0.05) is 13.0 Å². The molecule has 2 amide bonds. The molecule has 0 radical (unpaired) electrons. The van der Waals surface area contributed by atoms with E-state index in [9.17, 15) is 14.7 Å². The highest BCUT2D eigenvalue weighted by Gasteiger charge is 2.26. The van der Waals surface area contributed by atoms with E-state index in [4.69, 9.17) is 9.47 Å². The number of hydrogen-bond donors (Lipinski definition) is 3. The SMILES string of the molecule is CC1C=COC(C(=O)Nc2cccc(Oc3ccnc(-c4cc(C(=O)N5CCC(O)C5)c[nH]4)c3)c2)C1. The van der Waals surface area contributed by atoms with Crippen LogP contribution in [0.5, 0.6) is 11.5 Å². The third-order valence-corrected chi connectivity index (χ3v) is 6.25. The van der Waals surface area contributed by atoms with Crippen LogP contribution in [0.15, 0.2) is 67.2 Å². The van der Waals surface area contributed by atoms with Gasteiger partial charge in [0.2, 0.25) is 0 Å². The number of β-amino-alcohol motifs (C(OH)–C–C–N with tert-alkyl or cyclic N) is 1. The topological polar surface area (TPSA) is 117 Å². The Labute approximate surface area is 208 Å². The summed E-state index contributed by atoms with van der Waals surface area (Å²) >= 11 is 0. The van der Waals surface area contributed by atoms with Crippen molar-refractivity contribution in [2.75, 3.05) is 18.4 Å². The number of pyridine rings is 1. The fraction of sp³-hybridized carbons (Fsp3) is 0.296. The molecule has 186 valence electrons. The molecule has 9 nitrogen and oxygen atoms in total. The molecule has 0 bridgehead atoms. The summed E-state index contributed by atoms with van der Waals surface area (Å²) in [6.45, 7) is 2.94. The number of aliphatic hydroxyl groups is 1. The Morgan fingerprint density at radius 2 is 2.08 bits per heavy atom. The van der Waals surface area contributed by atoms with Gasteiger partial charge in [0.1, 0.15) is 11.5 Å². The van der Waals surface area contributed by atoms with Gasteiger partial charge in [0.25, 0.3) is 11.8 Å². The predicted octanol–water partition coefficient (Wildman–Crippen LogP) is 3.95. The van der Waals surface area contributed by atoms with Crippen LogP contribution in [-0.4, -0.2) is 57.1 Å². The van der Waals surface area contributed by atoms with Crippen LogP contribution in [0.3, 0.4) is 0 Å². The Kier molecular flexibility index (Phi) is 6.73. The standard InChI is InChI=1S/C27H28N4O5/c1-17-7-10-35-25(11-17)26(33)30-19-3-2-4-21(13-19)36-22-5-8-28-24(14-22)23-12-18(15-29-23)27(34)31-9-6-20(32)16-31/h2-5,7-8,10,12-15,17,20,25,29,32H,6,9,11,16H2,1H3,(H,30,33). The predicted molar refractivity (Wildman–Crippen MR) is 133 cm³/mol. The molecular weight excluding hydrogens is 460 g/mol. The number of nitrogens with one attached hydrogen (secondary N) is 2. The van der Waals surface area contributed by atoms with Crippen molar-refractivity contribution >= 4 is 17.5 Å². The van der Waals surface area contributed by atoms with Gasteiger partial charge < -0.3 is 29.8 Å². The van der Waals surface area contributed by atoms with Gasteiger partial charge >= 0.3 is 0 Å². The quantitative estimate of drug-likeness (QED) is 0.484. The van der Waals surface area contributed by atoms with Crippen LogP contribution < -0.4 is 10.1 Å². The molecule has 2 aromatic heterocycles. The summed E-state index contributed by atoms with van der Waals surface area (Å²) in [7, 11) is 0. The number of hydrogen-bond acceptors (Lipinski definition) is 6. The second-order valence-corrected chi connectivity index (χ2v) is 9.16. The van der Waals surface area contributed by atoms with E-state index in [0.717, 1.165) is 0 Å². The van der Waals surface area contributed by atoms with Crippen LogP contribution in [0.25, 0.3) is 11.4 Å². The molecule has 0 saturated carbocycles. The summed E-state index contributed by atoms with van der Waals surface area (Å²) < 4.78 is 11.5.